The van der Waals surface area contributed by atoms with Crippen molar-refractivity contribution in [3.63, 3.8) is 0 Å². The average molecular weight is 366 g/mol. The Labute approximate surface area is 137 Å². The summed E-state index contributed by atoms with van der Waals surface area (Å²) in [6.07, 6.45) is -0.418. The van der Waals surface area contributed by atoms with Crippen LogP contribution in [0.5, 0.6) is 5.75 Å². The molecule has 1 fully saturated rings. The van der Waals surface area contributed by atoms with Crippen LogP contribution in [0.3, 0.4) is 0 Å². The number of nitrogens with one attached hydrogen (secondary N) is 1. The maximum Gasteiger partial charge on any atom is 0.151 e. The minimum atomic E-state index is -0.299. The van der Waals surface area contributed by atoms with Crippen molar-refractivity contribution >= 4 is 15.9 Å². The Bertz CT molecular complexity index is 614. The Hall–Kier alpha value is -1.43. The Kier molecular flexibility index (Phi) is 5.08. The summed E-state index contributed by atoms with van der Waals surface area (Å²) in [5.41, 5.74) is 0.894. The summed E-state index contributed by atoms with van der Waals surface area (Å²) in [4.78, 5) is 0. The van der Waals surface area contributed by atoms with E-state index < -0.39 is 0 Å². The van der Waals surface area contributed by atoms with Gasteiger partial charge in [0.25, 0.3) is 0 Å². The van der Waals surface area contributed by atoms with E-state index in [4.69, 9.17) is 9.47 Å². The molecular weight excluding hydrogens is 349 g/mol. The number of ether oxygens (including phenoxy) is 2. The molecule has 1 aliphatic rings. The first kappa shape index (κ1) is 15.5. The Balaban J connectivity index is 1.88. The second-order valence-corrected chi connectivity index (χ2v) is 5.99. The van der Waals surface area contributed by atoms with Gasteiger partial charge in [-0.3, -0.25) is 0 Å². The molecule has 1 unspecified atom stereocenters. The van der Waals surface area contributed by atoms with Crippen molar-refractivity contribution in [3.05, 3.63) is 64.4 Å². The van der Waals surface area contributed by atoms with Crippen LogP contribution in [0.4, 0.5) is 4.39 Å². The summed E-state index contributed by atoms with van der Waals surface area (Å²) in [6, 6.07) is 14.1. The van der Waals surface area contributed by atoms with E-state index in [1.54, 1.807) is 12.1 Å². The van der Waals surface area contributed by atoms with Crippen molar-refractivity contribution in [1.82, 2.24) is 5.32 Å². The van der Waals surface area contributed by atoms with E-state index in [9.17, 15) is 4.39 Å². The number of para-hydroxylation sites is 1. The van der Waals surface area contributed by atoms with Gasteiger partial charge in [0.05, 0.1) is 11.1 Å². The third kappa shape index (κ3) is 3.66. The van der Waals surface area contributed by atoms with Crippen LogP contribution in [0.1, 0.15) is 11.7 Å². The summed E-state index contributed by atoms with van der Waals surface area (Å²) in [5.74, 6) is 0.483. The zero-order valence-corrected chi connectivity index (χ0v) is 13.6. The molecule has 22 heavy (non-hydrogen) atoms. The third-order valence-corrected chi connectivity index (χ3v) is 4.24. The molecule has 2 aromatic rings. The van der Waals surface area contributed by atoms with Gasteiger partial charge in [0.1, 0.15) is 17.7 Å². The molecule has 2 aromatic carbocycles. The van der Waals surface area contributed by atoms with Gasteiger partial charge in [-0.2, -0.15) is 0 Å². The zero-order valence-electron chi connectivity index (χ0n) is 12.0. The normalized spacial score (nSPS) is 19.6. The fourth-order valence-electron chi connectivity index (χ4n) is 2.47. The quantitative estimate of drug-likeness (QED) is 0.895. The van der Waals surface area contributed by atoms with Gasteiger partial charge in [-0.15, -0.1) is 0 Å². The predicted octanol–water partition coefficient (Wildman–Crippen LogP) is 3.70. The number of benzene rings is 2. The molecular formula is C17H17BrFNO2. The van der Waals surface area contributed by atoms with E-state index in [0.717, 1.165) is 22.3 Å². The second-order valence-electron chi connectivity index (χ2n) is 5.13. The summed E-state index contributed by atoms with van der Waals surface area (Å²) >= 11 is 3.49. The predicted molar refractivity (Wildman–Crippen MR) is 86.5 cm³/mol. The van der Waals surface area contributed by atoms with E-state index in [-0.39, 0.29) is 18.0 Å². The lowest BCUT2D eigenvalue weighted by molar-refractivity contribution is -0.0434. The lowest BCUT2D eigenvalue weighted by Crippen LogP contribution is -2.43. The topological polar surface area (TPSA) is 30.5 Å². The molecule has 2 atom stereocenters. The lowest BCUT2D eigenvalue weighted by Gasteiger charge is -2.32. The number of halogens is 2. The molecule has 0 spiro atoms. The van der Waals surface area contributed by atoms with Gasteiger partial charge >= 0.3 is 0 Å². The van der Waals surface area contributed by atoms with Crippen LogP contribution in [0.15, 0.2) is 53.0 Å². The highest BCUT2D eigenvalue weighted by Gasteiger charge is 2.28. The van der Waals surface area contributed by atoms with Crippen molar-refractivity contribution in [3.8, 4) is 5.75 Å². The maximum absolute atomic E-state index is 13.2. The first-order valence-electron chi connectivity index (χ1n) is 7.23. The van der Waals surface area contributed by atoms with E-state index in [1.807, 2.05) is 24.3 Å². The minimum absolute atomic E-state index is 0.119. The van der Waals surface area contributed by atoms with Crippen LogP contribution in [0.2, 0.25) is 0 Å². The monoisotopic (exact) mass is 365 g/mol. The molecule has 1 saturated heterocycles. The Morgan fingerprint density at radius 3 is 2.64 bits per heavy atom. The van der Waals surface area contributed by atoms with Crippen LogP contribution in [-0.4, -0.2) is 25.8 Å². The molecule has 0 radical (unpaired) electrons. The molecule has 116 valence electrons. The largest absolute Gasteiger partial charge is 0.482 e. The fourth-order valence-corrected chi connectivity index (χ4v) is 2.85. The van der Waals surface area contributed by atoms with Crippen LogP contribution in [-0.2, 0) is 4.74 Å². The van der Waals surface area contributed by atoms with Gasteiger partial charge in [0, 0.05) is 13.1 Å². The molecule has 1 N–H and O–H groups in total. The van der Waals surface area contributed by atoms with Crippen molar-refractivity contribution in [2.75, 3.05) is 19.7 Å². The summed E-state index contributed by atoms with van der Waals surface area (Å²) in [6.45, 7) is 2.18. The van der Waals surface area contributed by atoms with Gasteiger partial charge in [-0.05, 0) is 45.8 Å². The Morgan fingerprint density at radius 1 is 1.18 bits per heavy atom. The van der Waals surface area contributed by atoms with Crippen molar-refractivity contribution in [2.45, 2.75) is 12.2 Å². The van der Waals surface area contributed by atoms with Crippen molar-refractivity contribution < 1.29 is 13.9 Å². The summed E-state index contributed by atoms with van der Waals surface area (Å²) in [7, 11) is 0. The molecule has 0 saturated carbocycles. The van der Waals surface area contributed by atoms with E-state index in [0.29, 0.717) is 13.2 Å². The maximum atomic E-state index is 13.2. The first-order chi connectivity index (χ1) is 10.7. The third-order valence-electron chi connectivity index (χ3n) is 3.58. The average Bonchev–Trinajstić information content (AvgIpc) is 2.56. The van der Waals surface area contributed by atoms with Crippen LogP contribution < -0.4 is 10.1 Å². The molecule has 3 rings (SSSR count). The summed E-state index contributed by atoms with van der Waals surface area (Å²) < 4.78 is 26.1. The van der Waals surface area contributed by atoms with Crippen LogP contribution >= 0.6 is 15.9 Å². The first-order valence-corrected chi connectivity index (χ1v) is 8.02. The van der Waals surface area contributed by atoms with Crippen molar-refractivity contribution in [2.24, 2.45) is 0 Å². The molecule has 1 heterocycles. The SMILES string of the molecule is Fc1ccc(C(Oc2ccccc2Br)[C@H]2CNCCO2)cc1. The highest BCUT2D eigenvalue weighted by molar-refractivity contribution is 9.10. The molecule has 0 aliphatic carbocycles. The second kappa shape index (κ2) is 7.22. The minimum Gasteiger partial charge on any atom is -0.482 e. The van der Waals surface area contributed by atoms with Gasteiger partial charge in [0.15, 0.2) is 6.10 Å². The van der Waals surface area contributed by atoms with E-state index in [2.05, 4.69) is 21.2 Å². The fraction of sp³-hybridized carbons (Fsp3) is 0.294. The molecule has 1 aliphatic heterocycles. The number of rotatable bonds is 4. The van der Waals surface area contributed by atoms with E-state index in [1.165, 1.54) is 12.1 Å². The Morgan fingerprint density at radius 2 is 1.95 bits per heavy atom. The van der Waals surface area contributed by atoms with Crippen LogP contribution in [0.25, 0.3) is 0 Å². The highest BCUT2D eigenvalue weighted by atomic mass is 79.9. The lowest BCUT2D eigenvalue weighted by atomic mass is 10.0. The number of hydrogen-bond donors (Lipinski definition) is 1. The molecule has 5 heteroatoms. The smallest absolute Gasteiger partial charge is 0.151 e. The van der Waals surface area contributed by atoms with Gasteiger partial charge in [-0.25, -0.2) is 4.39 Å². The molecule has 0 bridgehead atoms. The van der Waals surface area contributed by atoms with Gasteiger partial charge in [0.2, 0.25) is 0 Å². The molecule has 0 aromatic heterocycles. The van der Waals surface area contributed by atoms with E-state index >= 15 is 0 Å². The van der Waals surface area contributed by atoms with Crippen LogP contribution in [0, 0.1) is 5.82 Å². The number of morpholine rings is 1. The highest BCUT2D eigenvalue weighted by Crippen LogP contribution is 2.32. The van der Waals surface area contributed by atoms with Crippen molar-refractivity contribution in [1.29, 1.82) is 0 Å². The van der Waals surface area contributed by atoms with Gasteiger partial charge < -0.3 is 14.8 Å². The standard InChI is InChI=1S/C17H17BrFNO2/c18-14-3-1-2-4-15(14)22-17(16-11-20-9-10-21-16)12-5-7-13(19)8-6-12/h1-8,16-17,20H,9-11H2/t16-,17?/m1/s1. The summed E-state index contributed by atoms with van der Waals surface area (Å²) in [5, 5.41) is 3.31. The number of hydrogen-bond acceptors (Lipinski definition) is 3. The molecule has 0 amide bonds. The zero-order chi connectivity index (χ0) is 15.4. The molecule has 3 nitrogen and oxygen atoms in total. The van der Waals surface area contributed by atoms with Gasteiger partial charge in [-0.1, -0.05) is 24.3 Å².